The third-order valence-electron chi connectivity index (χ3n) is 4.62. The van der Waals surface area contributed by atoms with Crippen LogP contribution >= 0.6 is 22.9 Å². The number of hydrogen-bond acceptors (Lipinski definition) is 4. The van der Waals surface area contributed by atoms with Crippen LogP contribution in [0.1, 0.15) is 22.6 Å². The Hall–Kier alpha value is -2.24. The Bertz CT molecular complexity index is 909. The van der Waals surface area contributed by atoms with Crippen molar-refractivity contribution in [2.75, 3.05) is 0 Å². The molecule has 0 radical (unpaired) electrons. The van der Waals surface area contributed by atoms with E-state index in [1.54, 1.807) is 23.7 Å². The zero-order valence-electron chi connectivity index (χ0n) is 14.1. The third-order valence-corrected chi connectivity index (χ3v) is 6.04. The van der Waals surface area contributed by atoms with E-state index in [0.717, 1.165) is 41.1 Å². The summed E-state index contributed by atoms with van der Waals surface area (Å²) in [4.78, 5) is 22.6. The van der Waals surface area contributed by atoms with Gasteiger partial charge in [0, 0.05) is 40.3 Å². The molecule has 1 aromatic carbocycles. The maximum atomic E-state index is 12.6. The summed E-state index contributed by atoms with van der Waals surface area (Å²) >= 11 is 7.59. The van der Waals surface area contributed by atoms with E-state index in [1.807, 2.05) is 36.4 Å². The predicted molar refractivity (Wildman–Crippen MR) is 104 cm³/mol. The molecule has 1 aliphatic rings. The fourth-order valence-electron chi connectivity index (χ4n) is 3.15. The van der Waals surface area contributed by atoms with Crippen molar-refractivity contribution < 1.29 is 4.79 Å². The van der Waals surface area contributed by atoms with Crippen LogP contribution in [-0.4, -0.2) is 15.9 Å². The minimum absolute atomic E-state index is 0.0144. The average Bonchev–Trinajstić information content (AvgIpc) is 3.11. The second kappa shape index (κ2) is 7.56. The SMILES string of the molecule is O=C(NCc1ccc(Cl)cc1)C1CCc2nc(-c3ccncc3)sc2C1. The molecular weight excluding hydrogens is 366 g/mol. The van der Waals surface area contributed by atoms with E-state index in [4.69, 9.17) is 16.6 Å². The molecule has 132 valence electrons. The van der Waals surface area contributed by atoms with Gasteiger partial charge in [-0.2, -0.15) is 0 Å². The molecule has 4 nitrogen and oxygen atoms in total. The number of pyridine rings is 1. The lowest BCUT2D eigenvalue weighted by Crippen LogP contribution is -2.33. The molecular formula is C20H18ClN3OS. The molecule has 0 saturated carbocycles. The normalized spacial score (nSPS) is 16.1. The van der Waals surface area contributed by atoms with Crippen LogP contribution in [-0.2, 0) is 24.2 Å². The molecule has 0 spiro atoms. The Morgan fingerprint density at radius 1 is 1.19 bits per heavy atom. The van der Waals surface area contributed by atoms with Crippen LogP contribution in [0.2, 0.25) is 5.02 Å². The van der Waals surface area contributed by atoms with E-state index in [0.29, 0.717) is 11.6 Å². The van der Waals surface area contributed by atoms with Gasteiger partial charge < -0.3 is 5.32 Å². The number of carbonyl (C=O) groups excluding carboxylic acids is 1. The van der Waals surface area contributed by atoms with Crippen molar-refractivity contribution in [3.8, 4) is 10.6 Å². The van der Waals surface area contributed by atoms with E-state index in [2.05, 4.69) is 10.3 Å². The van der Waals surface area contributed by atoms with Gasteiger partial charge in [0.05, 0.1) is 5.69 Å². The lowest BCUT2D eigenvalue weighted by atomic mass is 9.90. The van der Waals surface area contributed by atoms with Gasteiger partial charge in [-0.1, -0.05) is 23.7 Å². The molecule has 2 aromatic heterocycles. The molecule has 4 rings (SSSR count). The van der Waals surface area contributed by atoms with Crippen LogP contribution in [0.5, 0.6) is 0 Å². The van der Waals surface area contributed by atoms with Gasteiger partial charge in [0.15, 0.2) is 0 Å². The monoisotopic (exact) mass is 383 g/mol. The fraction of sp³-hybridized carbons (Fsp3) is 0.250. The van der Waals surface area contributed by atoms with Gasteiger partial charge in [-0.05, 0) is 49.1 Å². The summed E-state index contributed by atoms with van der Waals surface area (Å²) in [7, 11) is 0. The zero-order valence-corrected chi connectivity index (χ0v) is 15.7. The Morgan fingerprint density at radius 2 is 1.96 bits per heavy atom. The van der Waals surface area contributed by atoms with Crippen molar-refractivity contribution in [2.45, 2.75) is 25.8 Å². The number of nitrogens with zero attached hydrogens (tertiary/aromatic N) is 2. The Labute approximate surface area is 161 Å². The second-order valence-corrected chi connectivity index (χ2v) is 7.93. The van der Waals surface area contributed by atoms with Gasteiger partial charge in [-0.3, -0.25) is 9.78 Å². The number of nitrogens with one attached hydrogen (secondary N) is 1. The van der Waals surface area contributed by atoms with E-state index >= 15 is 0 Å². The number of halogens is 1. The number of carbonyl (C=O) groups is 1. The summed E-state index contributed by atoms with van der Waals surface area (Å²) in [6.07, 6.45) is 6.03. The molecule has 0 bridgehead atoms. The third kappa shape index (κ3) is 3.79. The van der Waals surface area contributed by atoms with Crippen LogP contribution in [0, 0.1) is 5.92 Å². The average molecular weight is 384 g/mol. The highest BCUT2D eigenvalue weighted by Crippen LogP contribution is 2.34. The molecule has 1 atom stereocenters. The minimum Gasteiger partial charge on any atom is -0.352 e. The molecule has 1 N–H and O–H groups in total. The highest BCUT2D eigenvalue weighted by Gasteiger charge is 2.27. The first kappa shape index (κ1) is 17.2. The molecule has 0 saturated heterocycles. The van der Waals surface area contributed by atoms with Crippen LogP contribution in [0.4, 0.5) is 0 Å². The maximum absolute atomic E-state index is 12.6. The van der Waals surface area contributed by atoms with Gasteiger partial charge in [0.2, 0.25) is 5.91 Å². The van der Waals surface area contributed by atoms with Gasteiger partial charge in [-0.15, -0.1) is 11.3 Å². The summed E-state index contributed by atoms with van der Waals surface area (Å²) in [5.41, 5.74) is 3.28. The van der Waals surface area contributed by atoms with Crippen molar-refractivity contribution in [2.24, 2.45) is 5.92 Å². The van der Waals surface area contributed by atoms with Gasteiger partial charge in [-0.25, -0.2) is 4.98 Å². The lowest BCUT2D eigenvalue weighted by molar-refractivity contribution is -0.125. The maximum Gasteiger partial charge on any atom is 0.223 e. The van der Waals surface area contributed by atoms with Crippen molar-refractivity contribution in [3.63, 3.8) is 0 Å². The molecule has 2 heterocycles. The molecule has 0 fully saturated rings. The predicted octanol–water partition coefficient (Wildman–Crippen LogP) is 4.28. The van der Waals surface area contributed by atoms with Crippen LogP contribution < -0.4 is 5.32 Å². The van der Waals surface area contributed by atoms with Crippen molar-refractivity contribution in [1.82, 2.24) is 15.3 Å². The number of aryl methyl sites for hydroxylation is 1. The van der Waals surface area contributed by atoms with E-state index in [-0.39, 0.29) is 11.8 Å². The van der Waals surface area contributed by atoms with Gasteiger partial charge in [0.25, 0.3) is 0 Å². The number of benzene rings is 1. The minimum atomic E-state index is 0.0144. The smallest absolute Gasteiger partial charge is 0.223 e. The standard InChI is InChI=1S/C20H18ClN3OS/c21-16-4-1-13(2-5-16)12-23-19(25)15-3-6-17-18(11-15)26-20(24-17)14-7-9-22-10-8-14/h1-2,4-5,7-10,15H,3,6,11-12H2,(H,23,25). The number of hydrogen-bond donors (Lipinski definition) is 1. The number of aromatic nitrogens is 2. The molecule has 6 heteroatoms. The summed E-state index contributed by atoms with van der Waals surface area (Å²) in [5, 5.41) is 4.77. The summed E-state index contributed by atoms with van der Waals surface area (Å²) in [6.45, 7) is 0.532. The van der Waals surface area contributed by atoms with Crippen molar-refractivity contribution >= 4 is 28.8 Å². The molecule has 1 amide bonds. The van der Waals surface area contributed by atoms with Crippen LogP contribution in [0.25, 0.3) is 10.6 Å². The number of fused-ring (bicyclic) bond motifs is 1. The zero-order chi connectivity index (χ0) is 17.9. The van der Waals surface area contributed by atoms with Gasteiger partial charge >= 0.3 is 0 Å². The molecule has 3 aromatic rings. The topological polar surface area (TPSA) is 54.9 Å². The first-order chi connectivity index (χ1) is 12.7. The van der Waals surface area contributed by atoms with Crippen LogP contribution in [0.15, 0.2) is 48.8 Å². The Kier molecular flexibility index (Phi) is 5.00. The summed E-state index contributed by atoms with van der Waals surface area (Å²) < 4.78 is 0. The first-order valence-electron chi connectivity index (χ1n) is 8.60. The first-order valence-corrected chi connectivity index (χ1v) is 9.79. The van der Waals surface area contributed by atoms with Crippen molar-refractivity contribution in [1.29, 1.82) is 0 Å². The lowest BCUT2D eigenvalue weighted by Gasteiger charge is -2.20. The highest BCUT2D eigenvalue weighted by molar-refractivity contribution is 7.15. The quantitative estimate of drug-likeness (QED) is 0.731. The van der Waals surface area contributed by atoms with E-state index in [9.17, 15) is 4.79 Å². The van der Waals surface area contributed by atoms with E-state index in [1.165, 1.54) is 4.88 Å². The summed E-state index contributed by atoms with van der Waals surface area (Å²) in [6, 6.07) is 11.5. The van der Waals surface area contributed by atoms with Crippen molar-refractivity contribution in [3.05, 3.63) is 69.9 Å². The molecule has 0 aliphatic heterocycles. The highest BCUT2D eigenvalue weighted by atomic mass is 35.5. The Morgan fingerprint density at radius 3 is 2.73 bits per heavy atom. The van der Waals surface area contributed by atoms with E-state index < -0.39 is 0 Å². The fourth-order valence-corrected chi connectivity index (χ4v) is 4.47. The second-order valence-electron chi connectivity index (χ2n) is 6.41. The molecule has 26 heavy (non-hydrogen) atoms. The largest absolute Gasteiger partial charge is 0.352 e. The Balaban J connectivity index is 1.40. The molecule has 1 aliphatic carbocycles. The molecule has 1 unspecified atom stereocenters. The van der Waals surface area contributed by atoms with Gasteiger partial charge in [0.1, 0.15) is 5.01 Å². The number of amides is 1. The number of rotatable bonds is 4. The van der Waals surface area contributed by atoms with Crippen LogP contribution in [0.3, 0.4) is 0 Å². The summed E-state index contributed by atoms with van der Waals surface area (Å²) in [5.74, 6) is 0.130. The number of thiazole rings is 1.